The van der Waals surface area contributed by atoms with Gasteiger partial charge < -0.3 is 106 Å². The zero-order chi connectivity index (χ0) is 87.1. The molecule has 0 aliphatic carbocycles. The Morgan fingerprint density at radius 1 is 0.508 bits per heavy atom. The van der Waals surface area contributed by atoms with Gasteiger partial charge in [0.15, 0.2) is 5.96 Å². The summed E-state index contributed by atoms with van der Waals surface area (Å²) in [6, 6.07) is 2.72. The lowest BCUT2D eigenvalue weighted by Gasteiger charge is -2.29. The number of carboxylic acids is 2. The lowest BCUT2D eigenvalue weighted by atomic mass is 9.98. The predicted octanol–water partition coefficient (Wildman–Crippen LogP) is -0.929. The number of nitrogens with two attached hydrogens (primary N) is 2. The highest BCUT2D eigenvalue weighted by Gasteiger charge is 2.38. The highest BCUT2D eigenvalue weighted by atomic mass is 32.2. The molecule has 3 aromatic carbocycles. The van der Waals surface area contributed by atoms with Crippen LogP contribution in [0.25, 0.3) is 11.1 Å². The van der Waals surface area contributed by atoms with E-state index in [2.05, 4.69) is 84.4 Å². The number of hydrogen-bond acceptors (Lipinski definition) is 20. The van der Waals surface area contributed by atoms with Gasteiger partial charge in [-0.05, 0) is 85.3 Å². The van der Waals surface area contributed by atoms with Gasteiger partial charge in [-0.3, -0.25) is 82.1 Å². The van der Waals surface area contributed by atoms with Crippen molar-refractivity contribution in [3.63, 3.8) is 0 Å². The second-order valence-electron chi connectivity index (χ2n) is 29.5. The summed E-state index contributed by atoms with van der Waals surface area (Å²) in [4.78, 5) is 232. The van der Waals surface area contributed by atoms with E-state index in [4.69, 9.17) is 16.9 Å². The van der Waals surface area contributed by atoms with Crippen molar-refractivity contribution in [3.05, 3.63) is 108 Å². The number of rotatable bonds is 27. The van der Waals surface area contributed by atoms with Crippen LogP contribution in [0.4, 0.5) is 0 Å². The van der Waals surface area contributed by atoms with Gasteiger partial charge in [0.1, 0.15) is 78.3 Å². The largest absolute Gasteiger partial charge is 0.508 e. The summed E-state index contributed by atoms with van der Waals surface area (Å²) in [5.41, 5.74) is 13.9. The number of aliphatic carboxylic acids is 2. The van der Waals surface area contributed by atoms with Crippen LogP contribution in [0.3, 0.4) is 0 Å². The summed E-state index contributed by atoms with van der Waals surface area (Å²) >= 11 is 0.744. The van der Waals surface area contributed by atoms with Crippen molar-refractivity contribution >= 4 is 112 Å². The number of unbranched alkanes of at least 4 members (excludes halogenated alkanes) is 4. The maximum Gasteiger partial charge on any atom is 0.305 e. The van der Waals surface area contributed by atoms with Crippen molar-refractivity contribution in [2.45, 2.75) is 224 Å². The standard InChI is InChI=1S/C79H113N19O19S/c1-8-10-13-20-52-71(110)91-57(34-47-25-29-51(99)30-26-47)75(114)93-58(35-50-38-83-42-86-50)76(115)94-59(36-64(102)103)69(108)85-39-62(100)98-66(44(5)6)78(117)96-55(32-43(3)4)73(112)92-56(33-46-23-27-49(28-24-46)48-18-15-12-16-19-48)74(113)90-53(21-14-11-9-2)72(111)95-60(37-65(104)105)77(116)97-61(67(80)106)40-118-41-63(101)87-45(7)68(107)88-54(70(109)89-52)22-17-31-84-79(81)82/h12,15-16,18-19,23-30,38,42-45,52-61,66,99H,8-11,13-14,17,20-22,31-37,39-41H2,1-7H3,(H2,80,106)(H,83,86)(H,85,108)(H,87,101)(H,88,107)(H,89,109)(H,90,113)(H,91,110)(H,92,112)(H,93,114)(H,94,115)(H,95,111)(H,96,117)(H,97,116)(H,98,100)(H,102,103)(H,104,105)(H4,81,82,84)/t45-,52-,53-,54-,55-,56-,57-,58-,59-,60-,61-,66-/m0/s1. The van der Waals surface area contributed by atoms with Crippen LogP contribution in [0.2, 0.25) is 0 Å². The first-order chi connectivity index (χ1) is 56.0. The number of nitrogens with zero attached hydrogens (tertiary/aromatic N) is 1. The molecule has 39 heteroatoms. The number of carbonyl (C=O) groups is 16. The average Bonchev–Trinajstić information content (AvgIpc) is 0.878. The quantitative estimate of drug-likeness (QED) is 0.0195. The summed E-state index contributed by atoms with van der Waals surface area (Å²) in [6.07, 6.45) is 2.18. The Bertz CT molecular complexity index is 4080. The second kappa shape index (κ2) is 49.7. The van der Waals surface area contributed by atoms with Crippen molar-refractivity contribution in [3.8, 4) is 16.9 Å². The van der Waals surface area contributed by atoms with E-state index in [1.54, 1.807) is 52.0 Å². The van der Waals surface area contributed by atoms with E-state index in [1.165, 1.54) is 43.7 Å². The maximum absolute atomic E-state index is 15.0. The number of carboxylic acid groups (broad SMARTS) is 2. The SMILES string of the molecule is CCCCC[C@@H]1NC(=O)[C@H](CCCNC(=N)N)NC(=O)[C@H](C)NC(=O)CSC[C@@H](C(N)=O)NC(=O)[C@H](CC(=O)O)NC(=O)[C@H](CCCCC)NC(=O)[C@H](Cc2ccc(-c3ccccc3)cc2)NC(=O)[C@H](CC(C)C)NC(=O)[C@H](C(C)C)NC(=O)CNC(=O)[C@H](CC(=O)O)NC(=O)[C@H](Cc2c[nH]cn2)NC(=O)[C@H](Cc2ccc(O)cc2)NC1=O. The van der Waals surface area contributed by atoms with Gasteiger partial charge in [-0.15, -0.1) is 11.8 Å². The minimum atomic E-state index is -1.97. The first-order valence-corrected chi connectivity index (χ1v) is 40.4. The Balaban J connectivity index is 1.59. The normalized spacial score (nSPS) is 23.0. The van der Waals surface area contributed by atoms with Crippen LogP contribution < -0.4 is 85.9 Å². The molecule has 0 unspecified atom stereocenters. The monoisotopic (exact) mass is 1660 g/mol. The molecule has 23 N–H and O–H groups in total. The third-order valence-electron chi connectivity index (χ3n) is 18.8. The Kier molecular flexibility index (Phi) is 40.6. The number of thioether (sulfide) groups is 1. The van der Waals surface area contributed by atoms with Crippen LogP contribution >= 0.6 is 11.8 Å². The number of primary amides is 1. The molecule has 1 fully saturated rings. The number of nitrogens with one attached hydrogen (secondary N) is 16. The molecule has 38 nitrogen and oxygen atoms in total. The van der Waals surface area contributed by atoms with E-state index >= 15 is 0 Å². The molecule has 1 aromatic heterocycles. The van der Waals surface area contributed by atoms with E-state index in [9.17, 15) is 92.0 Å². The van der Waals surface area contributed by atoms with Crippen molar-refractivity contribution in [1.82, 2.24) is 84.4 Å². The summed E-state index contributed by atoms with van der Waals surface area (Å²) in [5.74, 6) is -19.9. The molecule has 1 aliphatic heterocycles. The zero-order valence-corrected chi connectivity index (χ0v) is 68.1. The molecule has 644 valence electrons. The van der Waals surface area contributed by atoms with Crippen molar-refractivity contribution in [2.75, 3.05) is 24.6 Å². The summed E-state index contributed by atoms with van der Waals surface area (Å²) < 4.78 is 0. The van der Waals surface area contributed by atoms with E-state index < -0.39 is 216 Å². The number of imidazole rings is 1. The van der Waals surface area contributed by atoms with Gasteiger partial charge in [0, 0.05) is 37.8 Å². The molecule has 0 bridgehead atoms. The molecule has 1 aliphatic rings. The van der Waals surface area contributed by atoms with Crippen LogP contribution in [0.5, 0.6) is 5.75 Å². The fourth-order valence-electron chi connectivity index (χ4n) is 12.4. The van der Waals surface area contributed by atoms with Gasteiger partial charge in [0.2, 0.25) is 82.7 Å². The number of amides is 14. The van der Waals surface area contributed by atoms with E-state index in [0.717, 1.165) is 22.9 Å². The van der Waals surface area contributed by atoms with Crippen LogP contribution in [-0.2, 0) is 96.0 Å². The number of aromatic hydroxyl groups is 1. The van der Waals surface area contributed by atoms with E-state index in [0.29, 0.717) is 49.7 Å². The zero-order valence-electron chi connectivity index (χ0n) is 67.3. The lowest BCUT2D eigenvalue weighted by Crippen LogP contribution is -2.61. The number of hydrogen-bond donors (Lipinski definition) is 21. The highest BCUT2D eigenvalue weighted by Crippen LogP contribution is 2.22. The van der Waals surface area contributed by atoms with E-state index in [1.807, 2.05) is 44.2 Å². The number of phenolic OH excluding ortho intramolecular Hbond substituents is 1. The minimum Gasteiger partial charge on any atom is -0.508 e. The Labute approximate surface area is 687 Å². The third kappa shape index (κ3) is 34.3. The predicted molar refractivity (Wildman–Crippen MR) is 434 cm³/mol. The number of phenols is 1. The molecule has 14 amide bonds. The topological polar surface area (TPSA) is 607 Å². The molecule has 5 rings (SSSR count). The van der Waals surface area contributed by atoms with Gasteiger partial charge >= 0.3 is 11.9 Å². The van der Waals surface area contributed by atoms with Gasteiger partial charge in [-0.25, -0.2) is 4.98 Å². The fraction of sp³-hybridized carbons (Fsp3) is 0.519. The molecule has 0 spiro atoms. The summed E-state index contributed by atoms with van der Waals surface area (Å²) in [5, 5.41) is 73.6. The molecule has 4 aromatic rings. The Morgan fingerprint density at radius 2 is 0.949 bits per heavy atom. The minimum absolute atomic E-state index is 0.0239. The molecular formula is C79H113N19O19S. The number of aromatic nitrogens is 2. The van der Waals surface area contributed by atoms with Gasteiger partial charge in [-0.2, -0.15) is 0 Å². The molecular weight excluding hydrogens is 1550 g/mol. The van der Waals surface area contributed by atoms with E-state index in [-0.39, 0.29) is 68.9 Å². The third-order valence-corrected chi connectivity index (χ3v) is 19.9. The van der Waals surface area contributed by atoms with Gasteiger partial charge in [0.25, 0.3) is 0 Å². The number of benzene rings is 3. The Morgan fingerprint density at radius 3 is 1.42 bits per heavy atom. The van der Waals surface area contributed by atoms with Crippen molar-refractivity contribution in [1.29, 1.82) is 5.41 Å². The Hall–Kier alpha value is -12.2. The number of carbonyl (C=O) groups excluding carboxylic acids is 14. The number of H-pyrrole nitrogens is 1. The van der Waals surface area contributed by atoms with Gasteiger partial charge in [0.05, 0.1) is 37.2 Å². The molecule has 2 heterocycles. The van der Waals surface area contributed by atoms with Crippen molar-refractivity contribution < 1.29 is 92.0 Å². The fourth-order valence-corrected chi connectivity index (χ4v) is 13.3. The van der Waals surface area contributed by atoms with Crippen LogP contribution in [0.1, 0.15) is 149 Å². The molecule has 12 atom stereocenters. The summed E-state index contributed by atoms with van der Waals surface area (Å²) in [7, 11) is 0. The first-order valence-electron chi connectivity index (χ1n) is 39.2. The van der Waals surface area contributed by atoms with Crippen molar-refractivity contribution in [2.24, 2.45) is 23.3 Å². The van der Waals surface area contributed by atoms with Crippen LogP contribution in [0.15, 0.2) is 91.4 Å². The number of aromatic amines is 1. The lowest BCUT2D eigenvalue weighted by molar-refractivity contribution is -0.141. The highest BCUT2D eigenvalue weighted by molar-refractivity contribution is 8.00. The number of guanidine groups is 1. The van der Waals surface area contributed by atoms with Crippen LogP contribution in [0, 0.1) is 17.2 Å². The smallest absolute Gasteiger partial charge is 0.305 e. The maximum atomic E-state index is 15.0. The summed E-state index contributed by atoms with van der Waals surface area (Å²) in [6.45, 7) is 10.7. The first kappa shape index (κ1) is 96.4. The average molecular weight is 1660 g/mol. The van der Waals surface area contributed by atoms with Crippen LogP contribution in [-0.4, -0.2) is 223 Å². The second-order valence-corrected chi connectivity index (χ2v) is 30.6. The molecule has 0 saturated carbocycles. The molecule has 0 radical (unpaired) electrons. The van der Waals surface area contributed by atoms with Gasteiger partial charge in [-0.1, -0.05) is 147 Å². The molecule has 1 saturated heterocycles. The molecule has 118 heavy (non-hydrogen) atoms.